The summed E-state index contributed by atoms with van der Waals surface area (Å²) in [6, 6.07) is 21.8. The molecule has 1 aromatic heterocycles. The highest BCUT2D eigenvalue weighted by molar-refractivity contribution is 7.09. The third-order valence-corrected chi connectivity index (χ3v) is 7.07. The Morgan fingerprint density at radius 3 is 2.36 bits per heavy atom. The molecule has 1 aliphatic heterocycles. The van der Waals surface area contributed by atoms with Gasteiger partial charge in [-0.05, 0) is 60.5 Å². The van der Waals surface area contributed by atoms with Gasteiger partial charge in [0.25, 0.3) is 0 Å². The van der Waals surface area contributed by atoms with Crippen molar-refractivity contribution < 1.29 is 14.3 Å². The molecule has 1 fully saturated rings. The van der Waals surface area contributed by atoms with Gasteiger partial charge in [-0.3, -0.25) is 9.59 Å². The number of hydrogen-bond acceptors (Lipinski definition) is 4. The number of methoxy groups -OCH3 is 1. The van der Waals surface area contributed by atoms with Gasteiger partial charge >= 0.3 is 0 Å². The van der Waals surface area contributed by atoms with Crippen LogP contribution in [0.25, 0.3) is 0 Å². The van der Waals surface area contributed by atoms with Gasteiger partial charge in [-0.2, -0.15) is 0 Å². The molecule has 2 aromatic carbocycles. The molecule has 3 aromatic rings. The lowest BCUT2D eigenvalue weighted by atomic mass is 9.94. The molecule has 1 saturated heterocycles. The molecule has 4 rings (SSSR count). The van der Waals surface area contributed by atoms with E-state index in [1.807, 2.05) is 63.7 Å². The number of nitrogens with zero attached hydrogens (tertiary/aromatic N) is 2. The van der Waals surface area contributed by atoms with E-state index in [4.69, 9.17) is 4.74 Å². The first-order valence-corrected chi connectivity index (χ1v) is 12.3. The van der Waals surface area contributed by atoms with Gasteiger partial charge in [-0.25, -0.2) is 0 Å². The first-order chi connectivity index (χ1) is 16.1. The van der Waals surface area contributed by atoms with E-state index >= 15 is 0 Å². The molecule has 0 N–H and O–H groups in total. The summed E-state index contributed by atoms with van der Waals surface area (Å²) in [5.74, 6) is 0.995. The monoisotopic (exact) mass is 462 g/mol. The van der Waals surface area contributed by atoms with Crippen molar-refractivity contribution in [1.82, 2.24) is 4.90 Å². The Labute approximate surface area is 199 Å². The van der Waals surface area contributed by atoms with Crippen LogP contribution in [0.3, 0.4) is 0 Å². The topological polar surface area (TPSA) is 49.9 Å². The van der Waals surface area contributed by atoms with Crippen LogP contribution >= 0.6 is 11.3 Å². The number of anilines is 1. The first-order valence-electron chi connectivity index (χ1n) is 11.4. The van der Waals surface area contributed by atoms with Crippen LogP contribution in [0.4, 0.5) is 5.69 Å². The van der Waals surface area contributed by atoms with Gasteiger partial charge < -0.3 is 14.5 Å². The van der Waals surface area contributed by atoms with E-state index in [1.165, 1.54) is 5.56 Å². The van der Waals surface area contributed by atoms with E-state index in [1.54, 1.807) is 18.4 Å². The predicted molar refractivity (Wildman–Crippen MR) is 133 cm³/mol. The minimum Gasteiger partial charge on any atom is -0.497 e. The molecule has 0 radical (unpaired) electrons. The summed E-state index contributed by atoms with van der Waals surface area (Å²) in [7, 11) is 1.64. The quantitative estimate of drug-likeness (QED) is 0.465. The highest BCUT2D eigenvalue weighted by Gasteiger charge is 2.31. The summed E-state index contributed by atoms with van der Waals surface area (Å²) in [5.41, 5.74) is 2.05. The van der Waals surface area contributed by atoms with Crippen LogP contribution in [-0.4, -0.2) is 36.9 Å². The molecule has 172 valence electrons. The number of piperidine rings is 1. The van der Waals surface area contributed by atoms with E-state index in [0.717, 1.165) is 22.7 Å². The fraction of sp³-hybridized carbons (Fsp3) is 0.333. The van der Waals surface area contributed by atoms with E-state index in [-0.39, 0.29) is 17.7 Å². The molecular formula is C27H30N2O3S. The maximum atomic E-state index is 13.6. The number of carbonyl (C=O) groups is 2. The average molecular weight is 463 g/mol. The molecule has 0 atom stereocenters. The molecule has 2 amide bonds. The summed E-state index contributed by atoms with van der Waals surface area (Å²) in [4.78, 5) is 31.2. The van der Waals surface area contributed by atoms with E-state index in [2.05, 4.69) is 18.2 Å². The van der Waals surface area contributed by atoms with Crippen molar-refractivity contribution in [3.05, 3.63) is 82.6 Å². The molecule has 5 nitrogen and oxygen atoms in total. The van der Waals surface area contributed by atoms with Crippen molar-refractivity contribution in [2.75, 3.05) is 25.1 Å². The lowest BCUT2D eigenvalue weighted by molar-refractivity contribution is -0.135. The fourth-order valence-corrected chi connectivity index (χ4v) is 4.96. The number of thiophene rings is 1. The molecule has 33 heavy (non-hydrogen) atoms. The number of amides is 2. The van der Waals surface area contributed by atoms with Crippen molar-refractivity contribution in [3.8, 4) is 5.75 Å². The lowest BCUT2D eigenvalue weighted by Crippen LogP contribution is -2.44. The number of rotatable bonds is 8. The number of aryl methyl sites for hydroxylation is 1. The molecule has 0 unspecified atom stereocenters. The molecule has 0 spiro atoms. The normalized spacial score (nSPS) is 14.2. The Bertz CT molecular complexity index is 1030. The van der Waals surface area contributed by atoms with Gasteiger partial charge in [0.15, 0.2) is 0 Å². The van der Waals surface area contributed by atoms with E-state index < -0.39 is 0 Å². The standard InChI is InChI=1S/C27H30N2O3S/c1-32-24-12-10-23(11-13-24)29(20-25-8-5-19-33-25)27(31)22-15-17-28(18-16-22)26(30)14-9-21-6-3-2-4-7-21/h2-8,10-13,19,22H,9,14-18,20H2,1H3. The fourth-order valence-electron chi connectivity index (χ4n) is 4.27. The van der Waals surface area contributed by atoms with Gasteiger partial charge in [0.05, 0.1) is 13.7 Å². The second-order valence-electron chi connectivity index (χ2n) is 8.34. The Balaban J connectivity index is 1.37. The van der Waals surface area contributed by atoms with Crippen molar-refractivity contribution in [2.45, 2.75) is 32.2 Å². The second kappa shape index (κ2) is 11.1. The van der Waals surface area contributed by atoms with E-state index in [9.17, 15) is 9.59 Å². The molecule has 2 heterocycles. The Hall–Kier alpha value is -3.12. The molecule has 0 saturated carbocycles. The number of carbonyl (C=O) groups excluding carboxylic acids is 2. The molecule has 0 aliphatic carbocycles. The summed E-state index contributed by atoms with van der Waals surface area (Å²) in [5, 5.41) is 2.03. The SMILES string of the molecule is COc1ccc(N(Cc2cccs2)C(=O)C2CCN(C(=O)CCc3ccccc3)CC2)cc1. The summed E-state index contributed by atoms with van der Waals surface area (Å²) in [6.07, 6.45) is 2.67. The van der Waals surface area contributed by atoms with Crippen LogP contribution in [0.2, 0.25) is 0 Å². The van der Waals surface area contributed by atoms with Crippen LogP contribution in [0, 0.1) is 5.92 Å². The van der Waals surface area contributed by atoms with Crippen molar-refractivity contribution in [1.29, 1.82) is 0 Å². The second-order valence-corrected chi connectivity index (χ2v) is 9.37. The molecule has 0 bridgehead atoms. The highest BCUT2D eigenvalue weighted by Crippen LogP contribution is 2.28. The number of hydrogen-bond donors (Lipinski definition) is 0. The Morgan fingerprint density at radius 1 is 1.00 bits per heavy atom. The third kappa shape index (κ3) is 6.02. The van der Waals surface area contributed by atoms with Crippen molar-refractivity contribution >= 4 is 28.8 Å². The van der Waals surface area contributed by atoms with Crippen LogP contribution in [0.5, 0.6) is 5.75 Å². The Kier molecular flexibility index (Phi) is 7.79. The van der Waals surface area contributed by atoms with Gasteiger partial charge in [0.2, 0.25) is 11.8 Å². The zero-order chi connectivity index (χ0) is 23.0. The summed E-state index contributed by atoms with van der Waals surface area (Å²) in [6.45, 7) is 1.83. The van der Waals surface area contributed by atoms with Crippen LogP contribution < -0.4 is 9.64 Å². The molecule has 1 aliphatic rings. The van der Waals surface area contributed by atoms with Gasteiger partial charge in [-0.15, -0.1) is 11.3 Å². The number of likely N-dealkylation sites (tertiary alicyclic amines) is 1. The smallest absolute Gasteiger partial charge is 0.230 e. The van der Waals surface area contributed by atoms with Crippen LogP contribution in [-0.2, 0) is 22.6 Å². The van der Waals surface area contributed by atoms with Crippen LogP contribution in [0.15, 0.2) is 72.1 Å². The van der Waals surface area contributed by atoms with Crippen molar-refractivity contribution in [2.24, 2.45) is 5.92 Å². The van der Waals surface area contributed by atoms with Gasteiger partial charge in [0.1, 0.15) is 5.75 Å². The minimum absolute atomic E-state index is 0.0785. The zero-order valence-electron chi connectivity index (χ0n) is 19.0. The van der Waals surface area contributed by atoms with Gasteiger partial charge in [-0.1, -0.05) is 36.4 Å². The summed E-state index contributed by atoms with van der Waals surface area (Å²) < 4.78 is 5.28. The Morgan fingerprint density at radius 2 is 1.73 bits per heavy atom. The third-order valence-electron chi connectivity index (χ3n) is 6.21. The molecule has 6 heteroatoms. The van der Waals surface area contributed by atoms with E-state index in [0.29, 0.717) is 38.9 Å². The lowest BCUT2D eigenvalue weighted by Gasteiger charge is -2.34. The minimum atomic E-state index is -0.0785. The molecular weight excluding hydrogens is 432 g/mol. The largest absolute Gasteiger partial charge is 0.497 e. The summed E-state index contributed by atoms with van der Waals surface area (Å²) >= 11 is 1.65. The predicted octanol–water partition coefficient (Wildman–Crippen LogP) is 5.16. The average Bonchev–Trinajstić information content (AvgIpc) is 3.40. The van der Waals surface area contributed by atoms with Crippen molar-refractivity contribution in [3.63, 3.8) is 0 Å². The maximum absolute atomic E-state index is 13.6. The highest BCUT2D eigenvalue weighted by atomic mass is 32.1. The number of benzene rings is 2. The number of ether oxygens (including phenoxy) is 1. The van der Waals surface area contributed by atoms with Crippen LogP contribution in [0.1, 0.15) is 29.7 Å². The zero-order valence-corrected chi connectivity index (χ0v) is 19.8. The first kappa shape index (κ1) is 23.1. The maximum Gasteiger partial charge on any atom is 0.230 e. The van der Waals surface area contributed by atoms with Gasteiger partial charge in [0, 0.05) is 36.0 Å².